The Balaban J connectivity index is 1.74. The predicted octanol–water partition coefficient (Wildman–Crippen LogP) is 4.73. The molecular formula is C25H29N3O4S. The van der Waals surface area contributed by atoms with Crippen LogP contribution in [0.25, 0.3) is 0 Å². The highest BCUT2D eigenvalue weighted by atomic mass is 32.2. The molecule has 2 aromatic rings. The first-order valence-electron chi connectivity index (χ1n) is 11.0. The maximum absolute atomic E-state index is 12.7. The lowest BCUT2D eigenvalue weighted by molar-refractivity contribution is -0.139. The van der Waals surface area contributed by atoms with Gasteiger partial charge in [-0.1, -0.05) is 37.3 Å². The number of ether oxygens (including phenoxy) is 1. The van der Waals surface area contributed by atoms with Crippen LogP contribution in [0.15, 0.2) is 70.8 Å². The lowest BCUT2D eigenvalue weighted by Crippen LogP contribution is -2.48. The van der Waals surface area contributed by atoms with Crippen LogP contribution in [0.1, 0.15) is 38.8 Å². The number of urea groups is 1. The fourth-order valence-electron chi connectivity index (χ4n) is 3.62. The SMILES string of the molecule is CCCN1C(=O)NC(c2ccc(NC(=O)CSc3ccccc3)cc2)C(C(=O)OCC)=C1C. The third-order valence-corrected chi connectivity index (χ3v) is 6.19. The molecule has 3 amide bonds. The highest BCUT2D eigenvalue weighted by molar-refractivity contribution is 8.00. The van der Waals surface area contributed by atoms with Gasteiger partial charge in [0, 0.05) is 22.8 Å². The van der Waals surface area contributed by atoms with Crippen LogP contribution in [0, 0.1) is 0 Å². The number of carbonyl (C=O) groups excluding carboxylic acids is 3. The van der Waals surface area contributed by atoms with Crippen molar-refractivity contribution in [1.29, 1.82) is 0 Å². The minimum absolute atomic E-state index is 0.110. The molecule has 0 fully saturated rings. The maximum Gasteiger partial charge on any atom is 0.338 e. The molecule has 0 spiro atoms. The van der Waals surface area contributed by atoms with E-state index < -0.39 is 12.0 Å². The summed E-state index contributed by atoms with van der Waals surface area (Å²) in [6.07, 6.45) is 0.766. The molecule has 0 aromatic heterocycles. The van der Waals surface area contributed by atoms with Gasteiger partial charge in [-0.25, -0.2) is 9.59 Å². The van der Waals surface area contributed by atoms with Crippen LogP contribution < -0.4 is 10.6 Å². The highest BCUT2D eigenvalue weighted by Crippen LogP contribution is 2.32. The van der Waals surface area contributed by atoms with E-state index in [0.29, 0.717) is 29.3 Å². The molecule has 0 radical (unpaired) electrons. The van der Waals surface area contributed by atoms with Crippen molar-refractivity contribution in [2.24, 2.45) is 0 Å². The molecule has 1 heterocycles. The van der Waals surface area contributed by atoms with Crippen LogP contribution in [-0.4, -0.2) is 41.7 Å². The largest absolute Gasteiger partial charge is 0.463 e. The second-order valence-corrected chi connectivity index (χ2v) is 8.57. The Hall–Kier alpha value is -3.26. The van der Waals surface area contributed by atoms with E-state index in [1.807, 2.05) is 37.3 Å². The van der Waals surface area contributed by atoms with Crippen LogP contribution in [0.5, 0.6) is 0 Å². The molecule has 33 heavy (non-hydrogen) atoms. The molecule has 0 bridgehead atoms. The second-order valence-electron chi connectivity index (χ2n) is 7.53. The molecule has 7 nitrogen and oxygen atoms in total. The van der Waals surface area contributed by atoms with Gasteiger partial charge < -0.3 is 15.4 Å². The lowest BCUT2D eigenvalue weighted by atomic mass is 9.94. The monoisotopic (exact) mass is 467 g/mol. The van der Waals surface area contributed by atoms with E-state index in [1.165, 1.54) is 11.8 Å². The van der Waals surface area contributed by atoms with Crippen LogP contribution in [0.2, 0.25) is 0 Å². The van der Waals surface area contributed by atoms with Crippen LogP contribution in [-0.2, 0) is 14.3 Å². The Bertz CT molecular complexity index is 1020. The van der Waals surface area contributed by atoms with Crippen molar-refractivity contribution in [2.45, 2.75) is 38.1 Å². The van der Waals surface area contributed by atoms with Gasteiger partial charge in [0.2, 0.25) is 5.91 Å². The Morgan fingerprint density at radius 3 is 2.42 bits per heavy atom. The number of nitrogens with one attached hydrogen (secondary N) is 2. The third-order valence-electron chi connectivity index (χ3n) is 5.18. The molecule has 1 aliphatic rings. The number of amides is 3. The van der Waals surface area contributed by atoms with Crippen LogP contribution in [0.4, 0.5) is 10.5 Å². The van der Waals surface area contributed by atoms with Gasteiger partial charge in [-0.2, -0.15) is 0 Å². The van der Waals surface area contributed by atoms with E-state index in [4.69, 9.17) is 4.74 Å². The normalized spacial score (nSPS) is 15.8. The van der Waals surface area contributed by atoms with Gasteiger partial charge in [0.25, 0.3) is 0 Å². The molecule has 1 unspecified atom stereocenters. The number of thioether (sulfide) groups is 1. The molecule has 1 atom stereocenters. The predicted molar refractivity (Wildman–Crippen MR) is 130 cm³/mol. The summed E-state index contributed by atoms with van der Waals surface area (Å²) in [4.78, 5) is 40.3. The first-order chi connectivity index (χ1) is 15.9. The fourth-order valence-corrected chi connectivity index (χ4v) is 4.34. The number of allylic oxidation sites excluding steroid dienone is 1. The molecule has 2 N–H and O–H groups in total. The van der Waals surface area contributed by atoms with Gasteiger partial charge in [-0.05, 0) is 50.1 Å². The molecule has 8 heteroatoms. The average molecular weight is 468 g/mol. The number of rotatable bonds is 9. The van der Waals surface area contributed by atoms with E-state index in [9.17, 15) is 14.4 Å². The Morgan fingerprint density at radius 2 is 1.79 bits per heavy atom. The average Bonchev–Trinajstić information content (AvgIpc) is 2.81. The van der Waals surface area contributed by atoms with Crippen molar-refractivity contribution >= 4 is 35.4 Å². The summed E-state index contributed by atoms with van der Waals surface area (Å²) < 4.78 is 5.27. The van der Waals surface area contributed by atoms with Crippen molar-refractivity contribution in [1.82, 2.24) is 10.2 Å². The maximum atomic E-state index is 12.7. The van der Waals surface area contributed by atoms with Crippen molar-refractivity contribution in [2.75, 3.05) is 24.2 Å². The van der Waals surface area contributed by atoms with Crippen molar-refractivity contribution < 1.29 is 19.1 Å². The minimum Gasteiger partial charge on any atom is -0.463 e. The summed E-state index contributed by atoms with van der Waals surface area (Å²) in [5.41, 5.74) is 2.39. The molecule has 0 saturated carbocycles. The first kappa shape index (κ1) is 24.4. The Morgan fingerprint density at radius 1 is 1.09 bits per heavy atom. The number of hydrogen-bond acceptors (Lipinski definition) is 5. The van der Waals surface area contributed by atoms with Gasteiger partial charge in [-0.15, -0.1) is 11.8 Å². The molecule has 174 valence electrons. The summed E-state index contributed by atoms with van der Waals surface area (Å²) in [5.74, 6) is -0.260. The van der Waals surface area contributed by atoms with E-state index in [0.717, 1.165) is 16.9 Å². The van der Waals surface area contributed by atoms with E-state index in [-0.39, 0.29) is 18.5 Å². The number of anilines is 1. The van der Waals surface area contributed by atoms with Gasteiger partial charge in [0.1, 0.15) is 0 Å². The zero-order valence-corrected chi connectivity index (χ0v) is 19.9. The second kappa shape index (κ2) is 11.6. The van der Waals surface area contributed by atoms with Gasteiger partial charge >= 0.3 is 12.0 Å². The van der Waals surface area contributed by atoms with Gasteiger partial charge in [-0.3, -0.25) is 9.69 Å². The first-order valence-corrected chi connectivity index (χ1v) is 12.0. The fraction of sp³-hybridized carbons (Fsp3) is 0.320. The van der Waals surface area contributed by atoms with Crippen molar-refractivity contribution in [3.05, 3.63) is 71.4 Å². The summed E-state index contributed by atoms with van der Waals surface area (Å²) >= 11 is 1.46. The Labute approximate surface area is 198 Å². The molecule has 0 saturated heterocycles. The molecular weight excluding hydrogens is 438 g/mol. The number of carbonyl (C=O) groups is 3. The van der Waals surface area contributed by atoms with Crippen LogP contribution in [0.3, 0.4) is 0 Å². The highest BCUT2D eigenvalue weighted by Gasteiger charge is 2.36. The van der Waals surface area contributed by atoms with Gasteiger partial charge in [0.15, 0.2) is 0 Å². The summed E-state index contributed by atoms with van der Waals surface area (Å²) in [6, 6.07) is 16.0. The zero-order chi connectivity index (χ0) is 23.8. The summed E-state index contributed by atoms with van der Waals surface area (Å²) in [6.45, 7) is 6.26. The smallest absolute Gasteiger partial charge is 0.338 e. The van der Waals surface area contributed by atoms with E-state index in [2.05, 4.69) is 10.6 Å². The zero-order valence-electron chi connectivity index (χ0n) is 19.1. The number of nitrogens with zero attached hydrogens (tertiary/aromatic N) is 1. The van der Waals surface area contributed by atoms with E-state index in [1.54, 1.807) is 43.0 Å². The van der Waals surface area contributed by atoms with Crippen LogP contribution >= 0.6 is 11.8 Å². The number of benzene rings is 2. The minimum atomic E-state index is -0.622. The lowest BCUT2D eigenvalue weighted by Gasteiger charge is -2.35. The van der Waals surface area contributed by atoms with Gasteiger partial charge in [0.05, 0.1) is 24.0 Å². The van der Waals surface area contributed by atoms with E-state index >= 15 is 0 Å². The molecule has 1 aliphatic heterocycles. The number of hydrogen-bond donors (Lipinski definition) is 2. The standard InChI is InChI=1S/C25H29N3O4S/c1-4-15-28-17(3)22(24(30)32-5-2)23(27-25(28)31)18-11-13-19(14-12-18)26-21(29)16-33-20-9-7-6-8-10-20/h6-14,23H,4-5,15-16H2,1-3H3,(H,26,29)(H,27,31). The molecule has 2 aromatic carbocycles. The quantitative estimate of drug-likeness (QED) is 0.411. The number of esters is 1. The third kappa shape index (κ3) is 6.16. The summed E-state index contributed by atoms with van der Waals surface area (Å²) in [5, 5.41) is 5.80. The van der Waals surface area contributed by atoms with Crippen molar-refractivity contribution in [3.63, 3.8) is 0 Å². The summed E-state index contributed by atoms with van der Waals surface area (Å²) in [7, 11) is 0. The topological polar surface area (TPSA) is 87.7 Å². The Kier molecular flexibility index (Phi) is 8.54. The molecule has 0 aliphatic carbocycles. The van der Waals surface area contributed by atoms with Crippen molar-refractivity contribution in [3.8, 4) is 0 Å². The molecule has 3 rings (SSSR count).